The van der Waals surface area contributed by atoms with Crippen molar-refractivity contribution >= 4 is 29.2 Å². The van der Waals surface area contributed by atoms with Gasteiger partial charge >= 0.3 is 11.7 Å². The minimum atomic E-state index is -0.767. The van der Waals surface area contributed by atoms with Gasteiger partial charge in [-0.25, -0.2) is 0 Å². The Hall–Kier alpha value is -3.04. The molecule has 0 radical (unpaired) electrons. The quantitative estimate of drug-likeness (QED) is 0.361. The largest absolute Gasteiger partial charge is 0.460 e. The fourth-order valence-electron chi connectivity index (χ4n) is 1.19. The topological polar surface area (TPSA) is 137 Å². The number of carbonyl (C=O) groups excluding carboxylic acids is 1. The number of nitrogens with one attached hydrogen (secondary N) is 1. The van der Waals surface area contributed by atoms with E-state index in [1.54, 1.807) is 0 Å². The van der Waals surface area contributed by atoms with Gasteiger partial charge in [0.05, 0.1) is 22.1 Å². The average molecular weight is 282 g/mol. The highest BCUT2D eigenvalue weighted by molar-refractivity contribution is 5.71. The number of rotatable bonds is 6. The van der Waals surface area contributed by atoms with Crippen LogP contribution in [0.2, 0.25) is 0 Å². The average Bonchev–Trinajstić information content (AvgIpc) is 2.37. The molecular formula is C10H10N4O6. The number of anilines is 1. The standard InChI is InChI=1S/C10H10N4O6/c1-7(15)20-5-4-11-12-9-3-2-8(13(16)17)6-10(9)14(18)19/h2-4,6,12H,5H2,1H3/b11-4+. The Morgan fingerprint density at radius 3 is 2.65 bits per heavy atom. The fraction of sp³-hybridized carbons (Fsp3) is 0.200. The third-order valence-corrected chi connectivity index (χ3v) is 2.03. The molecular weight excluding hydrogens is 272 g/mol. The summed E-state index contributed by atoms with van der Waals surface area (Å²) in [6, 6.07) is 3.10. The van der Waals surface area contributed by atoms with E-state index in [0.717, 1.165) is 12.1 Å². The van der Waals surface area contributed by atoms with Crippen LogP contribution in [0.1, 0.15) is 6.92 Å². The van der Waals surface area contributed by atoms with Crippen LogP contribution in [0, 0.1) is 20.2 Å². The van der Waals surface area contributed by atoms with Gasteiger partial charge in [0.25, 0.3) is 5.69 Å². The van der Waals surface area contributed by atoms with Crippen molar-refractivity contribution in [3.8, 4) is 0 Å². The fourth-order valence-corrected chi connectivity index (χ4v) is 1.19. The lowest BCUT2D eigenvalue weighted by molar-refractivity contribution is -0.393. The maximum atomic E-state index is 10.8. The van der Waals surface area contributed by atoms with Gasteiger partial charge in [-0.05, 0) is 6.07 Å². The van der Waals surface area contributed by atoms with Crippen molar-refractivity contribution in [1.82, 2.24) is 0 Å². The van der Waals surface area contributed by atoms with Crippen LogP contribution in [0.5, 0.6) is 0 Å². The number of nitro groups is 2. The van der Waals surface area contributed by atoms with Gasteiger partial charge in [0.1, 0.15) is 12.3 Å². The van der Waals surface area contributed by atoms with Gasteiger partial charge in [-0.15, -0.1) is 0 Å². The van der Waals surface area contributed by atoms with Crippen molar-refractivity contribution in [2.75, 3.05) is 12.0 Å². The molecule has 20 heavy (non-hydrogen) atoms. The second kappa shape index (κ2) is 6.78. The van der Waals surface area contributed by atoms with Gasteiger partial charge in [-0.1, -0.05) is 0 Å². The van der Waals surface area contributed by atoms with E-state index in [2.05, 4.69) is 15.3 Å². The van der Waals surface area contributed by atoms with Gasteiger partial charge in [0.2, 0.25) is 0 Å². The smallest absolute Gasteiger partial charge is 0.302 e. The van der Waals surface area contributed by atoms with Crippen LogP contribution in [-0.4, -0.2) is 28.6 Å². The van der Waals surface area contributed by atoms with E-state index in [0.29, 0.717) is 0 Å². The van der Waals surface area contributed by atoms with E-state index in [1.807, 2.05) is 0 Å². The first kappa shape index (κ1) is 15.0. The number of hydrogen-bond donors (Lipinski definition) is 1. The summed E-state index contributed by atoms with van der Waals surface area (Å²) in [5.41, 5.74) is 1.45. The summed E-state index contributed by atoms with van der Waals surface area (Å²) in [5.74, 6) is -0.488. The van der Waals surface area contributed by atoms with Crippen LogP contribution in [-0.2, 0) is 9.53 Å². The molecule has 0 aromatic heterocycles. The highest BCUT2D eigenvalue weighted by Crippen LogP contribution is 2.28. The van der Waals surface area contributed by atoms with Crippen LogP contribution < -0.4 is 5.43 Å². The molecule has 0 bridgehead atoms. The van der Waals surface area contributed by atoms with Crippen LogP contribution in [0.3, 0.4) is 0 Å². The molecule has 0 aliphatic rings. The van der Waals surface area contributed by atoms with Crippen LogP contribution in [0.15, 0.2) is 23.3 Å². The summed E-state index contributed by atoms with van der Waals surface area (Å²) in [4.78, 5) is 30.3. The highest BCUT2D eigenvalue weighted by atomic mass is 16.6. The van der Waals surface area contributed by atoms with Crippen LogP contribution >= 0.6 is 0 Å². The molecule has 106 valence electrons. The predicted octanol–water partition coefficient (Wildman–Crippen LogP) is 1.46. The van der Waals surface area contributed by atoms with Crippen LogP contribution in [0.4, 0.5) is 17.1 Å². The van der Waals surface area contributed by atoms with Crippen molar-refractivity contribution < 1.29 is 19.4 Å². The van der Waals surface area contributed by atoms with E-state index >= 15 is 0 Å². The molecule has 0 atom stereocenters. The number of nitro benzene ring substituents is 2. The third kappa shape index (κ3) is 4.33. The number of nitrogens with zero attached hydrogens (tertiary/aromatic N) is 3. The lowest BCUT2D eigenvalue weighted by Crippen LogP contribution is -2.03. The van der Waals surface area contributed by atoms with Gasteiger partial charge in [-0.2, -0.15) is 5.10 Å². The molecule has 0 heterocycles. The molecule has 0 aliphatic heterocycles. The first-order chi connectivity index (χ1) is 9.41. The number of benzene rings is 1. The maximum absolute atomic E-state index is 10.8. The van der Waals surface area contributed by atoms with E-state index in [1.165, 1.54) is 19.2 Å². The second-order valence-corrected chi connectivity index (χ2v) is 3.44. The third-order valence-electron chi connectivity index (χ3n) is 2.03. The van der Waals surface area contributed by atoms with E-state index < -0.39 is 27.2 Å². The summed E-state index contributed by atoms with van der Waals surface area (Å²) >= 11 is 0. The molecule has 0 unspecified atom stereocenters. The number of ether oxygens (including phenoxy) is 1. The van der Waals surface area contributed by atoms with Gasteiger partial charge < -0.3 is 4.74 Å². The van der Waals surface area contributed by atoms with Crippen molar-refractivity contribution in [2.24, 2.45) is 5.10 Å². The Morgan fingerprint density at radius 1 is 1.40 bits per heavy atom. The number of hydrazone groups is 1. The molecule has 10 heteroatoms. The molecule has 1 aromatic carbocycles. The zero-order valence-corrected chi connectivity index (χ0v) is 10.3. The molecule has 1 aromatic rings. The Labute approximate surface area is 112 Å². The highest BCUT2D eigenvalue weighted by Gasteiger charge is 2.18. The molecule has 0 saturated heterocycles. The van der Waals surface area contributed by atoms with Crippen molar-refractivity contribution in [2.45, 2.75) is 6.92 Å². The molecule has 0 amide bonds. The molecule has 0 aliphatic carbocycles. The number of hydrogen-bond acceptors (Lipinski definition) is 8. The van der Waals surface area contributed by atoms with Crippen molar-refractivity contribution in [1.29, 1.82) is 0 Å². The molecule has 1 rings (SSSR count). The van der Waals surface area contributed by atoms with Crippen LogP contribution in [0.25, 0.3) is 0 Å². The summed E-state index contributed by atoms with van der Waals surface area (Å²) in [5, 5.41) is 24.9. The Bertz CT molecular complexity index is 571. The Morgan fingerprint density at radius 2 is 2.10 bits per heavy atom. The van der Waals surface area contributed by atoms with Gasteiger partial charge in [-0.3, -0.25) is 30.4 Å². The second-order valence-electron chi connectivity index (χ2n) is 3.44. The molecule has 0 spiro atoms. The Balaban J connectivity index is 2.81. The van der Waals surface area contributed by atoms with E-state index in [4.69, 9.17) is 0 Å². The zero-order chi connectivity index (χ0) is 15.1. The molecule has 1 N–H and O–H groups in total. The van der Waals surface area contributed by atoms with Gasteiger partial charge in [0.15, 0.2) is 0 Å². The molecule has 10 nitrogen and oxygen atoms in total. The molecule has 0 saturated carbocycles. The van der Waals surface area contributed by atoms with Gasteiger partial charge in [0, 0.05) is 13.0 Å². The van der Waals surface area contributed by atoms with E-state index in [9.17, 15) is 25.0 Å². The van der Waals surface area contributed by atoms with Crippen molar-refractivity contribution in [3.63, 3.8) is 0 Å². The lowest BCUT2D eigenvalue weighted by Gasteiger charge is -2.01. The normalized spacial score (nSPS) is 10.2. The Kier molecular flexibility index (Phi) is 5.09. The SMILES string of the molecule is CC(=O)OC/C=N/Nc1ccc([N+](=O)[O-])cc1[N+](=O)[O-]. The molecule has 0 fully saturated rings. The predicted molar refractivity (Wildman–Crippen MR) is 68.5 cm³/mol. The van der Waals surface area contributed by atoms with E-state index in [-0.39, 0.29) is 12.3 Å². The summed E-state index contributed by atoms with van der Waals surface area (Å²) < 4.78 is 4.56. The monoisotopic (exact) mass is 282 g/mol. The minimum absolute atomic E-state index is 0.0142. The number of carbonyl (C=O) groups is 1. The maximum Gasteiger partial charge on any atom is 0.302 e. The lowest BCUT2D eigenvalue weighted by atomic mass is 10.2. The van der Waals surface area contributed by atoms with Crippen molar-refractivity contribution in [3.05, 3.63) is 38.4 Å². The zero-order valence-electron chi connectivity index (χ0n) is 10.3. The minimum Gasteiger partial charge on any atom is -0.460 e. The summed E-state index contributed by atoms with van der Waals surface area (Å²) in [7, 11) is 0. The first-order valence-electron chi connectivity index (χ1n) is 5.25. The summed E-state index contributed by atoms with van der Waals surface area (Å²) in [6.45, 7) is 1.13. The first-order valence-corrected chi connectivity index (χ1v) is 5.25. The number of non-ortho nitro benzene ring substituents is 1. The number of esters is 1. The summed E-state index contributed by atoms with van der Waals surface area (Å²) in [6.07, 6.45) is 1.19.